The van der Waals surface area contributed by atoms with Crippen LogP contribution in [-0.4, -0.2) is 23.6 Å². The van der Waals surface area contributed by atoms with E-state index in [-0.39, 0.29) is 18.4 Å². The molecule has 0 bridgehead atoms. The molecule has 0 unspecified atom stereocenters. The molecule has 1 aromatic rings. The van der Waals surface area contributed by atoms with Gasteiger partial charge in [-0.2, -0.15) is 0 Å². The maximum Gasteiger partial charge on any atom is 0.344 e. The number of benzene rings is 1. The predicted molar refractivity (Wildman–Crippen MR) is 64.6 cm³/mol. The fourth-order valence-electron chi connectivity index (χ4n) is 1.29. The van der Waals surface area contributed by atoms with Gasteiger partial charge < -0.3 is 9.47 Å². The van der Waals surface area contributed by atoms with Crippen molar-refractivity contribution in [3.05, 3.63) is 33.9 Å². The molecule has 0 atom stereocenters. The molecular weight excluding hydrogens is 238 g/mol. The van der Waals surface area contributed by atoms with Gasteiger partial charge in [0, 0.05) is 6.07 Å². The third-order valence-corrected chi connectivity index (χ3v) is 2.10. The first-order chi connectivity index (χ1) is 8.40. The number of nitro benzene ring substituents is 1. The van der Waals surface area contributed by atoms with Crippen molar-refractivity contribution in [1.82, 2.24) is 0 Å². The van der Waals surface area contributed by atoms with Crippen LogP contribution in [-0.2, 0) is 9.53 Å². The zero-order chi connectivity index (χ0) is 13.7. The number of rotatable bonds is 5. The lowest BCUT2D eigenvalue weighted by atomic mass is 10.2. The van der Waals surface area contributed by atoms with Gasteiger partial charge in [-0.15, -0.1) is 0 Å². The highest BCUT2D eigenvalue weighted by molar-refractivity contribution is 5.71. The van der Waals surface area contributed by atoms with Crippen LogP contribution in [0.1, 0.15) is 19.4 Å². The third-order valence-electron chi connectivity index (χ3n) is 2.10. The second-order valence-electron chi connectivity index (χ2n) is 4.03. The summed E-state index contributed by atoms with van der Waals surface area (Å²) in [5.41, 5.74) is 0.644. The Morgan fingerprint density at radius 2 is 2.11 bits per heavy atom. The van der Waals surface area contributed by atoms with Crippen molar-refractivity contribution in [3.63, 3.8) is 0 Å². The second kappa shape index (κ2) is 6.00. The zero-order valence-electron chi connectivity index (χ0n) is 10.5. The number of hydrogen-bond donors (Lipinski definition) is 0. The monoisotopic (exact) mass is 253 g/mol. The highest BCUT2D eigenvalue weighted by Crippen LogP contribution is 2.23. The minimum Gasteiger partial charge on any atom is -0.481 e. The Bertz CT molecular complexity index is 456. The van der Waals surface area contributed by atoms with E-state index in [0.717, 1.165) is 5.56 Å². The highest BCUT2D eigenvalue weighted by Gasteiger charge is 2.12. The SMILES string of the molecule is Cc1ccc([N+](=O)[O-])cc1OCC(=O)OC(C)C. The first-order valence-electron chi connectivity index (χ1n) is 5.47. The van der Waals surface area contributed by atoms with E-state index in [0.29, 0.717) is 5.75 Å². The van der Waals surface area contributed by atoms with Crippen molar-refractivity contribution >= 4 is 11.7 Å². The Labute approximate surface area is 105 Å². The molecule has 0 aliphatic carbocycles. The van der Waals surface area contributed by atoms with Crippen LogP contribution < -0.4 is 4.74 Å². The molecule has 0 heterocycles. The van der Waals surface area contributed by atoms with Crippen molar-refractivity contribution < 1.29 is 19.2 Å². The second-order valence-corrected chi connectivity index (χ2v) is 4.03. The summed E-state index contributed by atoms with van der Waals surface area (Å²) in [6.07, 6.45) is -0.215. The van der Waals surface area contributed by atoms with E-state index < -0.39 is 10.9 Å². The Hall–Kier alpha value is -2.11. The van der Waals surface area contributed by atoms with Crippen LogP contribution in [0.4, 0.5) is 5.69 Å². The molecule has 0 amide bonds. The van der Waals surface area contributed by atoms with Gasteiger partial charge in [0.15, 0.2) is 6.61 Å². The van der Waals surface area contributed by atoms with Gasteiger partial charge in [0.25, 0.3) is 5.69 Å². The minimum atomic E-state index is -0.515. The molecule has 1 aromatic carbocycles. The fraction of sp³-hybridized carbons (Fsp3) is 0.417. The van der Waals surface area contributed by atoms with E-state index in [1.165, 1.54) is 12.1 Å². The first kappa shape index (κ1) is 14.0. The van der Waals surface area contributed by atoms with Crippen molar-refractivity contribution in [2.45, 2.75) is 26.9 Å². The molecule has 0 aromatic heterocycles. The number of aryl methyl sites for hydroxylation is 1. The van der Waals surface area contributed by atoms with Crippen LogP contribution in [0.5, 0.6) is 5.75 Å². The van der Waals surface area contributed by atoms with E-state index in [2.05, 4.69) is 0 Å². The highest BCUT2D eigenvalue weighted by atomic mass is 16.6. The van der Waals surface area contributed by atoms with Gasteiger partial charge in [-0.1, -0.05) is 0 Å². The molecule has 0 aliphatic heterocycles. The topological polar surface area (TPSA) is 78.7 Å². The van der Waals surface area contributed by atoms with Crippen LogP contribution in [0.3, 0.4) is 0 Å². The van der Waals surface area contributed by atoms with Crippen LogP contribution in [0, 0.1) is 17.0 Å². The molecule has 0 aliphatic rings. The standard InChI is InChI=1S/C12H15NO5/c1-8(2)18-12(14)7-17-11-6-10(13(15)16)5-4-9(11)3/h4-6,8H,7H2,1-3H3. The molecule has 0 N–H and O–H groups in total. The van der Waals surface area contributed by atoms with Gasteiger partial charge in [-0.25, -0.2) is 4.79 Å². The lowest BCUT2D eigenvalue weighted by molar-refractivity contribution is -0.385. The van der Waals surface area contributed by atoms with Crippen LogP contribution >= 0.6 is 0 Å². The Morgan fingerprint density at radius 1 is 1.44 bits per heavy atom. The Morgan fingerprint density at radius 3 is 2.67 bits per heavy atom. The van der Waals surface area contributed by atoms with E-state index in [9.17, 15) is 14.9 Å². The van der Waals surface area contributed by atoms with Gasteiger partial charge >= 0.3 is 5.97 Å². The van der Waals surface area contributed by atoms with Crippen LogP contribution in [0.2, 0.25) is 0 Å². The van der Waals surface area contributed by atoms with Crippen molar-refractivity contribution in [1.29, 1.82) is 0 Å². The largest absolute Gasteiger partial charge is 0.481 e. The molecule has 0 saturated carbocycles. The average Bonchev–Trinajstić information content (AvgIpc) is 2.26. The third kappa shape index (κ3) is 4.04. The number of nitro groups is 1. The zero-order valence-corrected chi connectivity index (χ0v) is 10.5. The van der Waals surface area contributed by atoms with Crippen LogP contribution in [0.25, 0.3) is 0 Å². The average molecular weight is 253 g/mol. The summed E-state index contributed by atoms with van der Waals surface area (Å²) in [7, 11) is 0. The molecule has 18 heavy (non-hydrogen) atoms. The molecule has 6 heteroatoms. The molecule has 6 nitrogen and oxygen atoms in total. The maximum absolute atomic E-state index is 11.3. The summed E-state index contributed by atoms with van der Waals surface area (Å²) < 4.78 is 10.1. The van der Waals surface area contributed by atoms with Gasteiger partial charge in [0.2, 0.25) is 0 Å². The first-order valence-corrected chi connectivity index (χ1v) is 5.47. The van der Waals surface area contributed by atoms with Crippen molar-refractivity contribution in [2.24, 2.45) is 0 Å². The van der Waals surface area contributed by atoms with Crippen molar-refractivity contribution in [3.8, 4) is 5.75 Å². The number of nitrogens with zero attached hydrogens (tertiary/aromatic N) is 1. The minimum absolute atomic E-state index is 0.0761. The van der Waals surface area contributed by atoms with Gasteiger partial charge in [0.05, 0.1) is 17.1 Å². The van der Waals surface area contributed by atoms with Gasteiger partial charge in [-0.05, 0) is 32.4 Å². The Balaban J connectivity index is 2.69. The fourth-order valence-corrected chi connectivity index (χ4v) is 1.29. The number of hydrogen-bond acceptors (Lipinski definition) is 5. The van der Waals surface area contributed by atoms with E-state index in [1.807, 2.05) is 0 Å². The number of carbonyl (C=O) groups is 1. The van der Waals surface area contributed by atoms with Gasteiger partial charge in [-0.3, -0.25) is 10.1 Å². The summed E-state index contributed by atoms with van der Waals surface area (Å²) in [5, 5.41) is 10.6. The maximum atomic E-state index is 11.3. The normalized spacial score (nSPS) is 10.2. The van der Waals surface area contributed by atoms with Crippen molar-refractivity contribution in [2.75, 3.05) is 6.61 Å². The van der Waals surface area contributed by atoms with Crippen LogP contribution in [0.15, 0.2) is 18.2 Å². The Kier molecular flexibility index (Phi) is 4.65. The summed E-state index contributed by atoms with van der Waals surface area (Å²) in [6.45, 7) is 4.94. The molecular formula is C12H15NO5. The molecule has 1 rings (SSSR count). The lowest BCUT2D eigenvalue weighted by Crippen LogP contribution is -2.19. The molecule has 0 radical (unpaired) electrons. The number of carbonyl (C=O) groups excluding carboxylic acids is 1. The molecule has 0 spiro atoms. The number of ether oxygens (including phenoxy) is 2. The summed E-state index contributed by atoms with van der Waals surface area (Å²) in [6, 6.07) is 4.24. The number of esters is 1. The van der Waals surface area contributed by atoms with E-state index in [4.69, 9.17) is 9.47 Å². The smallest absolute Gasteiger partial charge is 0.344 e. The molecule has 98 valence electrons. The van der Waals surface area contributed by atoms with Gasteiger partial charge in [0.1, 0.15) is 5.75 Å². The summed E-state index contributed by atoms with van der Waals surface area (Å²) in [4.78, 5) is 21.4. The lowest BCUT2D eigenvalue weighted by Gasteiger charge is -2.10. The molecule has 0 fully saturated rings. The predicted octanol–water partition coefficient (Wildman–Crippen LogP) is 2.23. The number of non-ortho nitro benzene ring substituents is 1. The van der Waals surface area contributed by atoms with E-state index in [1.54, 1.807) is 26.8 Å². The summed E-state index contributed by atoms with van der Waals surface area (Å²) >= 11 is 0. The van der Waals surface area contributed by atoms with E-state index >= 15 is 0 Å². The summed E-state index contributed by atoms with van der Waals surface area (Å²) in [5.74, 6) is -0.194. The molecule has 0 saturated heterocycles. The quantitative estimate of drug-likeness (QED) is 0.456.